The molecular weight excluding hydrogens is 420 g/mol. The van der Waals surface area contributed by atoms with Gasteiger partial charge < -0.3 is 9.47 Å². The van der Waals surface area contributed by atoms with Crippen molar-refractivity contribution in [2.45, 2.75) is 25.3 Å². The molecule has 33 heavy (non-hydrogen) atoms. The molecule has 0 N–H and O–H groups in total. The van der Waals surface area contributed by atoms with Gasteiger partial charge in [-0.3, -0.25) is 9.48 Å². The summed E-state index contributed by atoms with van der Waals surface area (Å²) in [5.41, 5.74) is 3.55. The molecule has 1 saturated heterocycles. The summed E-state index contributed by atoms with van der Waals surface area (Å²) in [6.45, 7) is 3.11. The van der Waals surface area contributed by atoms with Gasteiger partial charge >= 0.3 is 0 Å². The van der Waals surface area contributed by atoms with Crippen LogP contribution in [0.15, 0.2) is 49.1 Å². The number of nitrogens with zero attached hydrogens (tertiary/aromatic N) is 6. The van der Waals surface area contributed by atoms with Crippen LogP contribution in [0.4, 0.5) is 0 Å². The van der Waals surface area contributed by atoms with Crippen LogP contribution in [0.2, 0.25) is 0 Å². The van der Waals surface area contributed by atoms with E-state index in [1.807, 2.05) is 17.8 Å². The molecule has 1 atom stereocenters. The monoisotopic (exact) mass is 442 g/mol. The Bertz CT molecular complexity index is 1380. The van der Waals surface area contributed by atoms with E-state index < -0.39 is 5.92 Å². The summed E-state index contributed by atoms with van der Waals surface area (Å²) in [5, 5.41) is 18.6. The summed E-state index contributed by atoms with van der Waals surface area (Å²) < 4.78 is 14.4. The first kappa shape index (κ1) is 20.8. The van der Waals surface area contributed by atoms with E-state index in [1.54, 1.807) is 54.5 Å². The van der Waals surface area contributed by atoms with E-state index in [9.17, 15) is 10.1 Å². The SMILES string of the molecule is CCC(C(=O)c1cnn2cccnc12)c1cn(C2COC2)nc1-c1cc(C#N)ccc1OC. The Hall–Kier alpha value is -4.03. The van der Waals surface area contributed by atoms with Crippen molar-refractivity contribution in [2.75, 3.05) is 20.3 Å². The third kappa shape index (κ3) is 3.54. The first-order chi connectivity index (χ1) is 16.1. The molecule has 9 nitrogen and oxygen atoms in total. The van der Waals surface area contributed by atoms with Gasteiger partial charge in [0.05, 0.1) is 61.4 Å². The number of nitriles is 1. The normalized spacial score (nSPS) is 14.6. The lowest BCUT2D eigenvalue weighted by Crippen LogP contribution is -2.31. The van der Waals surface area contributed by atoms with Crippen molar-refractivity contribution >= 4 is 11.4 Å². The molecule has 0 aliphatic carbocycles. The van der Waals surface area contributed by atoms with E-state index in [2.05, 4.69) is 16.2 Å². The number of Topliss-reactive ketones (excluding diaryl/α,β-unsaturated/α-hetero) is 1. The molecule has 0 radical (unpaired) electrons. The predicted molar refractivity (Wildman–Crippen MR) is 119 cm³/mol. The summed E-state index contributed by atoms with van der Waals surface area (Å²) in [6, 6.07) is 9.25. The first-order valence-corrected chi connectivity index (χ1v) is 10.7. The Morgan fingerprint density at radius 1 is 1.39 bits per heavy atom. The molecule has 5 rings (SSSR count). The van der Waals surface area contributed by atoms with E-state index in [4.69, 9.17) is 14.6 Å². The largest absolute Gasteiger partial charge is 0.496 e. The second kappa shape index (κ2) is 8.48. The highest BCUT2D eigenvalue weighted by Crippen LogP contribution is 2.38. The number of ether oxygens (including phenoxy) is 2. The molecule has 3 aromatic heterocycles. The molecule has 0 bridgehead atoms. The number of hydrogen-bond donors (Lipinski definition) is 0. The summed E-state index contributed by atoms with van der Waals surface area (Å²) >= 11 is 0. The molecule has 1 aromatic carbocycles. The molecule has 1 fully saturated rings. The average molecular weight is 442 g/mol. The third-order valence-corrected chi connectivity index (χ3v) is 5.98. The van der Waals surface area contributed by atoms with Crippen LogP contribution in [-0.4, -0.2) is 50.5 Å². The van der Waals surface area contributed by atoms with Gasteiger partial charge in [-0.1, -0.05) is 6.92 Å². The van der Waals surface area contributed by atoms with E-state index >= 15 is 0 Å². The Labute approximate surface area is 190 Å². The van der Waals surface area contributed by atoms with Gasteiger partial charge in [-0.25, -0.2) is 9.50 Å². The molecule has 166 valence electrons. The van der Waals surface area contributed by atoms with Crippen LogP contribution in [0.3, 0.4) is 0 Å². The molecular formula is C24H22N6O3. The maximum Gasteiger partial charge on any atom is 0.175 e. The molecule has 4 heterocycles. The fourth-order valence-electron chi connectivity index (χ4n) is 4.13. The zero-order chi connectivity index (χ0) is 22.9. The summed E-state index contributed by atoms with van der Waals surface area (Å²) in [5.74, 6) is 0.0396. The van der Waals surface area contributed by atoms with Crippen LogP contribution < -0.4 is 4.74 Å². The Morgan fingerprint density at radius 3 is 2.94 bits per heavy atom. The zero-order valence-corrected chi connectivity index (χ0v) is 18.3. The molecule has 0 amide bonds. The van der Waals surface area contributed by atoms with Crippen LogP contribution in [-0.2, 0) is 4.74 Å². The number of fused-ring (bicyclic) bond motifs is 1. The van der Waals surface area contributed by atoms with Crippen molar-refractivity contribution in [3.05, 3.63) is 65.7 Å². The number of aromatic nitrogens is 5. The number of hydrogen-bond acceptors (Lipinski definition) is 7. The van der Waals surface area contributed by atoms with Gasteiger partial charge in [0.15, 0.2) is 11.4 Å². The number of benzene rings is 1. The van der Waals surface area contributed by atoms with Crippen molar-refractivity contribution in [3.63, 3.8) is 0 Å². The third-order valence-electron chi connectivity index (χ3n) is 5.98. The summed E-state index contributed by atoms with van der Waals surface area (Å²) in [7, 11) is 1.58. The molecule has 9 heteroatoms. The summed E-state index contributed by atoms with van der Waals surface area (Å²) in [4.78, 5) is 18.1. The molecule has 1 aliphatic rings. The molecule has 4 aromatic rings. The fraction of sp³-hybridized carbons (Fsp3) is 0.292. The highest BCUT2D eigenvalue weighted by Gasteiger charge is 2.31. The van der Waals surface area contributed by atoms with E-state index in [-0.39, 0.29) is 11.8 Å². The lowest BCUT2D eigenvalue weighted by molar-refractivity contribution is -0.0285. The van der Waals surface area contributed by atoms with Crippen molar-refractivity contribution in [1.29, 1.82) is 5.26 Å². The topological polar surface area (TPSA) is 107 Å². The maximum atomic E-state index is 13.7. The average Bonchev–Trinajstić information content (AvgIpc) is 3.43. The number of ketones is 1. The van der Waals surface area contributed by atoms with Crippen LogP contribution in [0, 0.1) is 11.3 Å². The highest BCUT2D eigenvalue weighted by molar-refractivity contribution is 6.06. The van der Waals surface area contributed by atoms with Crippen LogP contribution in [0.25, 0.3) is 16.9 Å². The number of methoxy groups -OCH3 is 1. The molecule has 1 aliphatic heterocycles. The quantitative estimate of drug-likeness (QED) is 0.404. The minimum absolute atomic E-state index is 0.0766. The van der Waals surface area contributed by atoms with Gasteiger partial charge in [-0.15, -0.1) is 0 Å². The lowest BCUT2D eigenvalue weighted by atomic mass is 9.87. The van der Waals surface area contributed by atoms with Crippen LogP contribution in [0.1, 0.15) is 46.8 Å². The van der Waals surface area contributed by atoms with Crippen LogP contribution in [0.5, 0.6) is 5.75 Å². The van der Waals surface area contributed by atoms with Gasteiger partial charge in [-0.05, 0) is 30.7 Å². The Balaban J connectivity index is 1.66. The minimum atomic E-state index is -0.472. The number of carbonyl (C=O) groups is 1. The first-order valence-electron chi connectivity index (χ1n) is 10.7. The Morgan fingerprint density at radius 2 is 2.24 bits per heavy atom. The van der Waals surface area contributed by atoms with Crippen molar-refractivity contribution in [3.8, 4) is 23.1 Å². The zero-order valence-electron chi connectivity index (χ0n) is 18.3. The van der Waals surface area contributed by atoms with Crippen molar-refractivity contribution in [1.82, 2.24) is 24.4 Å². The fourth-order valence-corrected chi connectivity index (χ4v) is 4.13. The second-order valence-corrected chi connectivity index (χ2v) is 7.90. The van der Waals surface area contributed by atoms with E-state index in [1.165, 1.54) is 0 Å². The standard InChI is InChI=1S/C24H22N6O3/c1-3-17(23(31)19-11-27-29-8-4-7-26-24(19)29)20-12-30(16-13-33-14-16)28-22(20)18-9-15(10-25)5-6-21(18)32-2/h4-9,11-12,16-17H,3,13-14H2,1-2H3. The van der Waals surface area contributed by atoms with Gasteiger partial charge in [0.1, 0.15) is 5.75 Å². The van der Waals surface area contributed by atoms with Gasteiger partial charge in [-0.2, -0.15) is 15.5 Å². The maximum absolute atomic E-state index is 13.7. The van der Waals surface area contributed by atoms with E-state index in [0.29, 0.717) is 53.4 Å². The highest BCUT2D eigenvalue weighted by atomic mass is 16.5. The van der Waals surface area contributed by atoms with Gasteiger partial charge in [0.25, 0.3) is 0 Å². The van der Waals surface area contributed by atoms with Crippen molar-refractivity contribution < 1.29 is 14.3 Å². The Kier molecular flexibility index (Phi) is 5.36. The second-order valence-electron chi connectivity index (χ2n) is 7.90. The number of carbonyl (C=O) groups excluding carboxylic acids is 1. The smallest absolute Gasteiger partial charge is 0.175 e. The molecule has 0 saturated carbocycles. The predicted octanol–water partition coefficient (Wildman–Crippen LogP) is 3.42. The minimum Gasteiger partial charge on any atom is -0.496 e. The summed E-state index contributed by atoms with van der Waals surface area (Å²) in [6.07, 6.45) is 7.45. The van der Waals surface area contributed by atoms with Crippen molar-refractivity contribution in [2.24, 2.45) is 0 Å². The van der Waals surface area contributed by atoms with Crippen LogP contribution >= 0.6 is 0 Å². The molecule has 0 spiro atoms. The van der Waals surface area contributed by atoms with Gasteiger partial charge in [0, 0.05) is 29.7 Å². The van der Waals surface area contributed by atoms with E-state index in [0.717, 1.165) is 5.56 Å². The number of rotatable bonds is 7. The van der Waals surface area contributed by atoms with Gasteiger partial charge in [0.2, 0.25) is 0 Å². The lowest BCUT2D eigenvalue weighted by Gasteiger charge is -2.26. The molecule has 1 unspecified atom stereocenters.